The molecule has 1 rings (SSSR count). The van der Waals surface area contributed by atoms with Crippen molar-refractivity contribution in [2.75, 3.05) is 6.61 Å². The van der Waals surface area contributed by atoms with Crippen molar-refractivity contribution >= 4 is 0 Å². The van der Waals surface area contributed by atoms with E-state index in [9.17, 15) is 5.11 Å². The highest BCUT2D eigenvalue weighted by Crippen LogP contribution is 2.29. The lowest BCUT2D eigenvalue weighted by molar-refractivity contribution is 0.334. The number of rotatable bonds is 3. The van der Waals surface area contributed by atoms with Gasteiger partial charge in [-0.05, 0) is 31.0 Å². The Labute approximate surface area is 79.2 Å². The van der Waals surface area contributed by atoms with Crippen molar-refractivity contribution in [3.8, 4) is 11.5 Å². The van der Waals surface area contributed by atoms with Crippen LogP contribution in [0.2, 0.25) is 0 Å². The third-order valence-electron chi connectivity index (χ3n) is 1.92. The molecule has 72 valence electrons. The molecule has 2 heteroatoms. The summed E-state index contributed by atoms with van der Waals surface area (Å²) in [7, 11) is 0. The Morgan fingerprint density at radius 3 is 2.62 bits per heavy atom. The van der Waals surface area contributed by atoms with Crippen LogP contribution in [0.25, 0.3) is 0 Å². The first-order valence-electron chi connectivity index (χ1n) is 4.60. The summed E-state index contributed by atoms with van der Waals surface area (Å²) < 4.78 is 5.44. The van der Waals surface area contributed by atoms with E-state index in [1.807, 2.05) is 13.0 Å². The van der Waals surface area contributed by atoms with Gasteiger partial charge in [0.1, 0.15) is 11.5 Å². The zero-order valence-corrected chi connectivity index (χ0v) is 8.37. The molecule has 0 atom stereocenters. The molecule has 0 radical (unpaired) electrons. The van der Waals surface area contributed by atoms with E-state index in [4.69, 9.17) is 4.74 Å². The fraction of sp³-hybridized carbons (Fsp3) is 0.455. The van der Waals surface area contributed by atoms with Crippen molar-refractivity contribution < 1.29 is 9.84 Å². The van der Waals surface area contributed by atoms with Crippen LogP contribution in [0, 0.1) is 0 Å². The summed E-state index contributed by atoms with van der Waals surface area (Å²) in [6.07, 6.45) is 0. The molecule has 2 nitrogen and oxygen atoms in total. The third-order valence-corrected chi connectivity index (χ3v) is 1.92. The molecule has 1 aromatic rings. The standard InChI is InChI=1S/C11H16O2/c1-4-13-11-6-5-9(12)7-10(11)8(2)3/h5-8,12H,4H2,1-3H3. The SMILES string of the molecule is CCOc1ccc(O)cc1C(C)C. The highest BCUT2D eigenvalue weighted by atomic mass is 16.5. The third kappa shape index (κ3) is 2.38. The summed E-state index contributed by atoms with van der Waals surface area (Å²) in [4.78, 5) is 0. The fourth-order valence-corrected chi connectivity index (χ4v) is 1.27. The maximum Gasteiger partial charge on any atom is 0.122 e. The van der Waals surface area contributed by atoms with Gasteiger partial charge in [0.25, 0.3) is 0 Å². The van der Waals surface area contributed by atoms with E-state index in [-0.39, 0.29) is 0 Å². The number of hydrogen-bond acceptors (Lipinski definition) is 2. The van der Waals surface area contributed by atoms with Crippen molar-refractivity contribution in [2.24, 2.45) is 0 Å². The topological polar surface area (TPSA) is 29.5 Å². The molecule has 0 aliphatic rings. The Morgan fingerprint density at radius 1 is 1.38 bits per heavy atom. The lowest BCUT2D eigenvalue weighted by Crippen LogP contribution is -1.97. The molecular formula is C11H16O2. The van der Waals surface area contributed by atoms with Crippen molar-refractivity contribution in [2.45, 2.75) is 26.7 Å². The Morgan fingerprint density at radius 2 is 2.08 bits per heavy atom. The van der Waals surface area contributed by atoms with Crippen LogP contribution >= 0.6 is 0 Å². The number of ether oxygens (including phenoxy) is 1. The van der Waals surface area contributed by atoms with Crippen LogP contribution in [0.15, 0.2) is 18.2 Å². The van der Waals surface area contributed by atoms with Crippen molar-refractivity contribution in [1.29, 1.82) is 0 Å². The van der Waals surface area contributed by atoms with E-state index in [1.54, 1.807) is 12.1 Å². The molecule has 0 aliphatic heterocycles. The summed E-state index contributed by atoms with van der Waals surface area (Å²) in [5.74, 6) is 1.54. The lowest BCUT2D eigenvalue weighted by atomic mass is 10.0. The van der Waals surface area contributed by atoms with Crippen LogP contribution in [-0.2, 0) is 0 Å². The molecule has 0 bridgehead atoms. The molecule has 0 saturated carbocycles. The Balaban J connectivity index is 3.03. The smallest absolute Gasteiger partial charge is 0.122 e. The van der Waals surface area contributed by atoms with E-state index in [1.165, 1.54) is 0 Å². The van der Waals surface area contributed by atoms with Gasteiger partial charge in [0.05, 0.1) is 6.61 Å². The van der Waals surface area contributed by atoms with Crippen LogP contribution in [-0.4, -0.2) is 11.7 Å². The summed E-state index contributed by atoms with van der Waals surface area (Å²) in [6, 6.07) is 5.22. The van der Waals surface area contributed by atoms with Gasteiger partial charge in [-0.15, -0.1) is 0 Å². The average Bonchev–Trinajstić information content (AvgIpc) is 2.08. The molecule has 1 N–H and O–H groups in total. The summed E-state index contributed by atoms with van der Waals surface area (Å²) in [6.45, 7) is 6.77. The number of aromatic hydroxyl groups is 1. The molecule has 0 saturated heterocycles. The van der Waals surface area contributed by atoms with Gasteiger partial charge in [0.15, 0.2) is 0 Å². The van der Waals surface area contributed by atoms with Gasteiger partial charge in [0.2, 0.25) is 0 Å². The molecule has 0 spiro atoms. The molecule has 0 unspecified atom stereocenters. The second kappa shape index (κ2) is 4.17. The molecule has 0 fully saturated rings. The van der Waals surface area contributed by atoms with Crippen molar-refractivity contribution in [3.63, 3.8) is 0 Å². The van der Waals surface area contributed by atoms with E-state index in [2.05, 4.69) is 13.8 Å². The normalized spacial score (nSPS) is 10.5. The van der Waals surface area contributed by atoms with Crippen LogP contribution in [0.3, 0.4) is 0 Å². The Hall–Kier alpha value is -1.18. The van der Waals surface area contributed by atoms with Crippen molar-refractivity contribution in [1.82, 2.24) is 0 Å². The molecule has 13 heavy (non-hydrogen) atoms. The van der Waals surface area contributed by atoms with E-state index in [0.717, 1.165) is 11.3 Å². The predicted octanol–water partition coefficient (Wildman–Crippen LogP) is 2.91. The second-order valence-corrected chi connectivity index (χ2v) is 3.31. The summed E-state index contributed by atoms with van der Waals surface area (Å²) in [5, 5.41) is 9.30. The van der Waals surface area contributed by atoms with Crippen LogP contribution < -0.4 is 4.74 Å². The largest absolute Gasteiger partial charge is 0.508 e. The van der Waals surface area contributed by atoms with Gasteiger partial charge in [-0.25, -0.2) is 0 Å². The fourth-order valence-electron chi connectivity index (χ4n) is 1.27. The number of benzene rings is 1. The monoisotopic (exact) mass is 180 g/mol. The van der Waals surface area contributed by atoms with E-state index >= 15 is 0 Å². The van der Waals surface area contributed by atoms with Gasteiger partial charge in [-0.3, -0.25) is 0 Å². The van der Waals surface area contributed by atoms with Gasteiger partial charge < -0.3 is 9.84 Å². The molecule has 0 aromatic heterocycles. The first-order valence-corrected chi connectivity index (χ1v) is 4.60. The minimum Gasteiger partial charge on any atom is -0.508 e. The molecule has 0 amide bonds. The van der Waals surface area contributed by atoms with Gasteiger partial charge >= 0.3 is 0 Å². The lowest BCUT2D eigenvalue weighted by Gasteiger charge is -2.12. The molecular weight excluding hydrogens is 164 g/mol. The first kappa shape index (κ1) is 9.90. The maximum atomic E-state index is 9.30. The van der Waals surface area contributed by atoms with Crippen molar-refractivity contribution in [3.05, 3.63) is 23.8 Å². The number of phenolic OH excluding ortho intramolecular Hbond substituents is 1. The molecule has 0 heterocycles. The first-order chi connectivity index (χ1) is 6.15. The quantitative estimate of drug-likeness (QED) is 0.775. The predicted molar refractivity (Wildman–Crippen MR) is 53.4 cm³/mol. The Bertz CT molecular complexity index is 279. The molecule has 0 aliphatic carbocycles. The maximum absolute atomic E-state index is 9.30. The van der Waals surface area contributed by atoms with Gasteiger partial charge in [0, 0.05) is 5.56 Å². The Kier molecular flexibility index (Phi) is 3.18. The molecule has 1 aromatic carbocycles. The highest BCUT2D eigenvalue weighted by Gasteiger charge is 2.07. The summed E-state index contributed by atoms with van der Waals surface area (Å²) in [5.41, 5.74) is 1.06. The number of phenols is 1. The second-order valence-electron chi connectivity index (χ2n) is 3.31. The number of hydrogen-bond donors (Lipinski definition) is 1. The van der Waals surface area contributed by atoms with Crippen LogP contribution in [0.4, 0.5) is 0 Å². The van der Waals surface area contributed by atoms with Crippen LogP contribution in [0.5, 0.6) is 11.5 Å². The van der Waals surface area contributed by atoms with E-state index in [0.29, 0.717) is 18.3 Å². The van der Waals surface area contributed by atoms with Crippen LogP contribution in [0.1, 0.15) is 32.3 Å². The zero-order chi connectivity index (χ0) is 9.84. The van der Waals surface area contributed by atoms with E-state index < -0.39 is 0 Å². The summed E-state index contributed by atoms with van der Waals surface area (Å²) >= 11 is 0. The average molecular weight is 180 g/mol. The highest BCUT2D eigenvalue weighted by molar-refractivity contribution is 5.41. The minimum absolute atomic E-state index is 0.298. The zero-order valence-electron chi connectivity index (χ0n) is 8.37. The minimum atomic E-state index is 0.298. The van der Waals surface area contributed by atoms with Gasteiger partial charge in [-0.1, -0.05) is 13.8 Å². The van der Waals surface area contributed by atoms with Gasteiger partial charge in [-0.2, -0.15) is 0 Å².